The predicted molar refractivity (Wildman–Crippen MR) is 156 cm³/mol. The van der Waals surface area contributed by atoms with Crippen LogP contribution in [0.4, 0.5) is 0 Å². The Labute approximate surface area is 227 Å². The number of hydrogen-bond acceptors (Lipinski definition) is 7. The molecule has 1 aromatic heterocycles. The summed E-state index contributed by atoms with van der Waals surface area (Å²) < 4.78 is 11.6. The third kappa shape index (κ3) is 12.7. The van der Waals surface area contributed by atoms with Gasteiger partial charge in [0.05, 0.1) is 6.54 Å². The van der Waals surface area contributed by atoms with Gasteiger partial charge in [-0.3, -0.25) is 0 Å². The number of aliphatic hydroxyl groups is 1. The van der Waals surface area contributed by atoms with E-state index in [2.05, 4.69) is 43.5 Å². The molecule has 3 rings (SSSR count). The quantitative estimate of drug-likeness (QED) is 0.181. The van der Waals surface area contributed by atoms with Crippen molar-refractivity contribution in [1.29, 1.82) is 0 Å². The molecule has 36 heavy (non-hydrogen) atoms. The molecule has 2 fully saturated rings. The standard InChI is InChI=1S/C21H37N3O2S.C5H12.C2H6.CH4O/c1-4-11-27-19-18(26-24-20(19)25-10-9-22-3)15-23-21(5-2)13-16-7-6-8-17(12-16)14-21;1-3-5-4-2;2*1-2/h16-17,22-23H,4-15H2,1-3H3;3-5H2,1-2H3;1-2H3;2H,1H3. The molecule has 2 unspecified atom stereocenters. The van der Waals surface area contributed by atoms with Gasteiger partial charge in [0.15, 0.2) is 5.76 Å². The fourth-order valence-corrected chi connectivity index (χ4v) is 6.14. The molecule has 1 aromatic rings. The summed E-state index contributed by atoms with van der Waals surface area (Å²) in [6.07, 6.45) is 14.8. The molecule has 7 heteroatoms. The minimum absolute atomic E-state index is 0.265. The number of thioether (sulfide) groups is 1. The molecule has 2 aliphatic rings. The lowest BCUT2D eigenvalue weighted by Crippen LogP contribution is -2.51. The first-order valence-corrected chi connectivity index (χ1v) is 15.7. The van der Waals surface area contributed by atoms with E-state index in [0.717, 1.165) is 54.9 Å². The van der Waals surface area contributed by atoms with Crippen LogP contribution in [0.3, 0.4) is 0 Å². The number of ether oxygens (including phenoxy) is 1. The minimum Gasteiger partial charge on any atom is -0.473 e. The molecule has 214 valence electrons. The zero-order chi connectivity index (χ0) is 27.2. The molecule has 1 heterocycles. The monoisotopic (exact) mass is 529 g/mol. The van der Waals surface area contributed by atoms with Crippen LogP contribution in [0, 0.1) is 11.8 Å². The molecule has 0 spiro atoms. The van der Waals surface area contributed by atoms with Gasteiger partial charge in [-0.05, 0) is 61.9 Å². The van der Waals surface area contributed by atoms with E-state index in [1.165, 1.54) is 64.2 Å². The predicted octanol–water partition coefficient (Wildman–Crippen LogP) is 7.44. The molecule has 6 nitrogen and oxygen atoms in total. The molecule has 3 N–H and O–H groups in total. The average molecular weight is 530 g/mol. The van der Waals surface area contributed by atoms with Crippen LogP contribution in [0.2, 0.25) is 0 Å². The molecule has 2 saturated carbocycles. The van der Waals surface area contributed by atoms with Gasteiger partial charge in [-0.2, -0.15) is 0 Å². The summed E-state index contributed by atoms with van der Waals surface area (Å²) in [6, 6.07) is 0. The Bertz CT molecular complexity index is 613. The second kappa shape index (κ2) is 22.2. The number of hydrogen-bond donors (Lipinski definition) is 3. The maximum atomic E-state index is 7.00. The van der Waals surface area contributed by atoms with Crippen LogP contribution in [0.15, 0.2) is 9.42 Å². The first-order chi connectivity index (χ1) is 17.6. The van der Waals surface area contributed by atoms with Crippen LogP contribution >= 0.6 is 11.8 Å². The normalized spacial score (nSPS) is 22.2. The van der Waals surface area contributed by atoms with Gasteiger partial charge in [-0.25, -0.2) is 0 Å². The fourth-order valence-electron chi connectivity index (χ4n) is 5.24. The third-order valence-corrected chi connectivity index (χ3v) is 8.29. The molecule has 0 radical (unpaired) electrons. The van der Waals surface area contributed by atoms with E-state index in [4.69, 9.17) is 14.4 Å². The van der Waals surface area contributed by atoms with E-state index in [-0.39, 0.29) is 5.54 Å². The topological polar surface area (TPSA) is 79.5 Å². The number of nitrogens with one attached hydrogen (secondary N) is 2. The number of unbranched alkanes of at least 4 members (excludes halogenated alkanes) is 2. The zero-order valence-electron chi connectivity index (χ0n) is 24.9. The van der Waals surface area contributed by atoms with Gasteiger partial charge in [0.25, 0.3) is 5.88 Å². The van der Waals surface area contributed by atoms with E-state index >= 15 is 0 Å². The van der Waals surface area contributed by atoms with Gasteiger partial charge in [-0.1, -0.05) is 80.1 Å². The van der Waals surface area contributed by atoms with Crippen molar-refractivity contribution in [3.05, 3.63) is 5.76 Å². The van der Waals surface area contributed by atoms with Crippen molar-refractivity contribution < 1.29 is 14.4 Å². The van der Waals surface area contributed by atoms with E-state index in [9.17, 15) is 0 Å². The molecule has 0 amide bonds. The summed E-state index contributed by atoms with van der Waals surface area (Å²) >= 11 is 1.81. The molecular formula is C29H59N3O3S. The van der Waals surface area contributed by atoms with Gasteiger partial charge >= 0.3 is 0 Å². The third-order valence-electron chi connectivity index (χ3n) is 6.99. The molecule has 2 atom stereocenters. The van der Waals surface area contributed by atoms with Gasteiger partial charge in [0.1, 0.15) is 11.5 Å². The van der Waals surface area contributed by atoms with Crippen LogP contribution < -0.4 is 15.4 Å². The molecule has 2 aliphatic carbocycles. The highest BCUT2D eigenvalue weighted by atomic mass is 32.2. The second-order valence-corrected chi connectivity index (χ2v) is 10.8. The average Bonchev–Trinajstić information content (AvgIpc) is 3.31. The Hall–Kier alpha value is -0.760. The van der Waals surface area contributed by atoms with Crippen molar-refractivity contribution in [1.82, 2.24) is 15.8 Å². The number of likely N-dealkylation sites (N-methyl/N-ethyl adjacent to an activating group) is 1. The van der Waals surface area contributed by atoms with Crippen LogP contribution in [-0.4, -0.2) is 48.9 Å². The molecule has 0 aliphatic heterocycles. The Morgan fingerprint density at radius 2 is 1.69 bits per heavy atom. The fraction of sp³-hybridized carbons (Fsp3) is 0.897. The Balaban J connectivity index is 0.00000119. The van der Waals surface area contributed by atoms with Crippen molar-refractivity contribution in [2.75, 3.05) is 33.1 Å². The Morgan fingerprint density at radius 3 is 2.19 bits per heavy atom. The molecule has 0 saturated heterocycles. The van der Waals surface area contributed by atoms with E-state index in [1.54, 1.807) is 11.8 Å². The summed E-state index contributed by atoms with van der Waals surface area (Å²) in [4.78, 5) is 1.09. The lowest BCUT2D eigenvalue weighted by atomic mass is 9.64. The molecular weight excluding hydrogens is 470 g/mol. The van der Waals surface area contributed by atoms with Crippen molar-refractivity contribution in [3.8, 4) is 5.88 Å². The number of aliphatic hydroxyl groups excluding tert-OH is 1. The Morgan fingerprint density at radius 1 is 1.06 bits per heavy atom. The van der Waals surface area contributed by atoms with Crippen molar-refractivity contribution in [2.24, 2.45) is 11.8 Å². The van der Waals surface area contributed by atoms with Crippen LogP contribution in [0.1, 0.15) is 118 Å². The minimum atomic E-state index is 0.265. The van der Waals surface area contributed by atoms with Crippen LogP contribution in [0.25, 0.3) is 0 Å². The lowest BCUT2D eigenvalue weighted by molar-refractivity contribution is 0.0812. The highest BCUT2D eigenvalue weighted by Gasteiger charge is 2.41. The number of aromatic nitrogens is 1. The largest absolute Gasteiger partial charge is 0.473 e. The van der Waals surface area contributed by atoms with Crippen LogP contribution in [0.5, 0.6) is 5.88 Å². The van der Waals surface area contributed by atoms with Crippen molar-refractivity contribution in [3.63, 3.8) is 0 Å². The van der Waals surface area contributed by atoms with Gasteiger partial charge in [0.2, 0.25) is 0 Å². The smallest absolute Gasteiger partial charge is 0.268 e. The molecule has 0 aromatic carbocycles. The first-order valence-electron chi connectivity index (χ1n) is 14.7. The lowest BCUT2D eigenvalue weighted by Gasteiger charge is -2.47. The van der Waals surface area contributed by atoms with Crippen molar-refractivity contribution >= 4 is 11.8 Å². The summed E-state index contributed by atoms with van der Waals surface area (Å²) in [5.41, 5.74) is 0.265. The first kappa shape index (κ1) is 35.2. The number of nitrogens with zero attached hydrogens (tertiary/aromatic N) is 1. The summed E-state index contributed by atoms with van der Waals surface area (Å²) in [5.74, 6) is 4.48. The van der Waals surface area contributed by atoms with Gasteiger partial charge < -0.3 is 25.0 Å². The zero-order valence-corrected chi connectivity index (χ0v) is 25.7. The van der Waals surface area contributed by atoms with Gasteiger partial charge in [-0.15, -0.1) is 11.8 Å². The maximum Gasteiger partial charge on any atom is 0.268 e. The summed E-state index contributed by atoms with van der Waals surface area (Å²) in [6.45, 7) is 15.1. The van der Waals surface area contributed by atoms with Gasteiger partial charge in [0, 0.05) is 19.2 Å². The highest BCUT2D eigenvalue weighted by molar-refractivity contribution is 7.99. The highest BCUT2D eigenvalue weighted by Crippen LogP contribution is 2.46. The summed E-state index contributed by atoms with van der Waals surface area (Å²) in [7, 11) is 2.93. The van der Waals surface area contributed by atoms with Crippen molar-refractivity contribution in [2.45, 2.75) is 129 Å². The SMILES string of the molecule is CC.CCCCC.CCCSc1c(OCCNC)noc1CNC1(CC)CC2CCCC(C2)C1.CO. The maximum absolute atomic E-state index is 7.00. The second-order valence-electron chi connectivity index (χ2n) is 9.69. The Kier molecular flexibility index (Phi) is 21.8. The van der Waals surface area contributed by atoms with E-state index < -0.39 is 0 Å². The summed E-state index contributed by atoms with van der Waals surface area (Å²) in [5, 5.41) is 18.2. The number of rotatable bonds is 13. The van der Waals surface area contributed by atoms with Crippen LogP contribution in [-0.2, 0) is 6.54 Å². The molecule has 2 bridgehead atoms. The van der Waals surface area contributed by atoms with E-state index in [1.807, 2.05) is 20.9 Å². The number of fused-ring (bicyclic) bond motifs is 2. The van der Waals surface area contributed by atoms with E-state index in [0.29, 0.717) is 12.5 Å².